The summed E-state index contributed by atoms with van der Waals surface area (Å²) in [4.78, 5) is 31.0. The number of nitrogens with zero attached hydrogens (tertiary/aromatic N) is 3. The van der Waals surface area contributed by atoms with Crippen LogP contribution in [0.4, 0.5) is 0 Å². The third kappa shape index (κ3) is 4.51. The number of carbonyl (C=O) groups excluding carboxylic acids is 2. The van der Waals surface area contributed by atoms with Gasteiger partial charge in [-0.25, -0.2) is 9.67 Å². The lowest BCUT2D eigenvalue weighted by Gasteiger charge is -2.11. The Labute approximate surface area is 194 Å². The summed E-state index contributed by atoms with van der Waals surface area (Å²) in [5.41, 5.74) is 2.30. The number of hydrogen-bond acceptors (Lipinski definition) is 5. The molecule has 0 aliphatic rings. The highest BCUT2D eigenvalue weighted by Crippen LogP contribution is 2.28. The van der Waals surface area contributed by atoms with Crippen LogP contribution in [0.1, 0.15) is 40.6 Å². The van der Waals surface area contributed by atoms with E-state index in [4.69, 9.17) is 16.6 Å². The molecule has 2 N–H and O–H groups in total. The van der Waals surface area contributed by atoms with Crippen molar-refractivity contribution in [2.45, 2.75) is 19.9 Å². The molecule has 0 saturated carbocycles. The fourth-order valence-electron chi connectivity index (χ4n) is 3.32. The number of nitrogens with one attached hydrogen (secondary N) is 2. The number of carbonyl (C=O) groups is 2. The van der Waals surface area contributed by atoms with Gasteiger partial charge in [-0.3, -0.25) is 9.59 Å². The Morgan fingerprint density at radius 1 is 1.06 bits per heavy atom. The molecule has 0 radical (unpaired) electrons. The van der Waals surface area contributed by atoms with Gasteiger partial charge < -0.3 is 10.6 Å². The smallest absolute Gasteiger partial charge is 0.252 e. The number of fused-ring (bicyclic) bond motifs is 1. The van der Waals surface area contributed by atoms with Gasteiger partial charge in [-0.1, -0.05) is 29.8 Å². The van der Waals surface area contributed by atoms with Crippen molar-refractivity contribution in [3.05, 3.63) is 70.2 Å². The molecule has 0 atom stereocenters. The van der Waals surface area contributed by atoms with Crippen LogP contribution >= 0.6 is 22.9 Å². The van der Waals surface area contributed by atoms with Crippen LogP contribution in [0.25, 0.3) is 21.6 Å². The van der Waals surface area contributed by atoms with Crippen molar-refractivity contribution < 1.29 is 9.59 Å². The molecule has 9 heteroatoms. The van der Waals surface area contributed by atoms with Gasteiger partial charge in [0.15, 0.2) is 5.65 Å². The highest BCUT2D eigenvalue weighted by atomic mass is 35.5. The van der Waals surface area contributed by atoms with Crippen molar-refractivity contribution in [1.82, 2.24) is 25.4 Å². The van der Waals surface area contributed by atoms with Gasteiger partial charge in [0.25, 0.3) is 11.8 Å². The maximum absolute atomic E-state index is 13.0. The van der Waals surface area contributed by atoms with E-state index in [1.54, 1.807) is 47.9 Å². The van der Waals surface area contributed by atoms with Gasteiger partial charge in [-0.05, 0) is 43.5 Å². The van der Waals surface area contributed by atoms with E-state index in [1.807, 2.05) is 36.0 Å². The highest BCUT2D eigenvalue weighted by Gasteiger charge is 2.19. The topological polar surface area (TPSA) is 88.9 Å². The first-order valence-electron chi connectivity index (χ1n) is 10.2. The third-order valence-corrected chi connectivity index (χ3v) is 6.11. The monoisotopic (exact) mass is 467 g/mol. The normalized spacial score (nSPS) is 11.1. The first-order valence-corrected chi connectivity index (χ1v) is 11.4. The predicted octanol–water partition coefficient (Wildman–Crippen LogP) is 4.55. The van der Waals surface area contributed by atoms with E-state index in [-0.39, 0.29) is 30.9 Å². The highest BCUT2D eigenvalue weighted by molar-refractivity contribution is 7.13. The molecule has 164 valence electrons. The molecule has 3 aromatic heterocycles. The number of halogens is 1. The van der Waals surface area contributed by atoms with E-state index in [0.29, 0.717) is 27.2 Å². The van der Waals surface area contributed by atoms with Crippen molar-refractivity contribution in [2.24, 2.45) is 0 Å². The number of hydrogen-bond donors (Lipinski definition) is 2. The summed E-state index contributed by atoms with van der Waals surface area (Å²) in [6.45, 7) is 4.58. The minimum absolute atomic E-state index is 0.106. The van der Waals surface area contributed by atoms with E-state index in [9.17, 15) is 9.59 Å². The Hall–Kier alpha value is -3.23. The van der Waals surface area contributed by atoms with Crippen LogP contribution in [-0.2, 0) is 0 Å². The second kappa shape index (κ2) is 9.50. The number of amides is 2. The molecule has 7 nitrogen and oxygen atoms in total. The Bertz CT molecular complexity index is 1270. The molecule has 2 amide bonds. The molecular formula is C23H22ClN5O2S. The Kier molecular flexibility index (Phi) is 6.53. The van der Waals surface area contributed by atoms with Crippen molar-refractivity contribution in [1.29, 1.82) is 0 Å². The molecule has 0 unspecified atom stereocenters. The van der Waals surface area contributed by atoms with Crippen molar-refractivity contribution in [3.8, 4) is 10.6 Å². The maximum Gasteiger partial charge on any atom is 0.252 e. The number of aromatic nitrogens is 3. The lowest BCUT2D eigenvalue weighted by Crippen LogP contribution is -2.34. The molecule has 0 saturated heterocycles. The van der Waals surface area contributed by atoms with Gasteiger partial charge in [0.05, 0.1) is 38.3 Å². The van der Waals surface area contributed by atoms with E-state index in [1.165, 1.54) is 0 Å². The van der Waals surface area contributed by atoms with E-state index in [0.717, 1.165) is 10.6 Å². The van der Waals surface area contributed by atoms with Crippen LogP contribution in [0, 0.1) is 0 Å². The summed E-state index contributed by atoms with van der Waals surface area (Å²) < 4.78 is 1.81. The van der Waals surface area contributed by atoms with E-state index in [2.05, 4.69) is 15.7 Å². The van der Waals surface area contributed by atoms with Crippen LogP contribution in [0.3, 0.4) is 0 Å². The molecule has 4 rings (SSSR count). The van der Waals surface area contributed by atoms with Crippen LogP contribution < -0.4 is 10.6 Å². The number of thiophene rings is 1. The van der Waals surface area contributed by atoms with Crippen LogP contribution in [0.5, 0.6) is 0 Å². The Morgan fingerprint density at radius 3 is 2.44 bits per heavy atom. The van der Waals surface area contributed by atoms with Crippen LogP contribution in [0.2, 0.25) is 5.02 Å². The molecule has 0 fully saturated rings. The number of pyridine rings is 1. The fourth-order valence-corrected chi connectivity index (χ4v) is 4.23. The molecule has 32 heavy (non-hydrogen) atoms. The van der Waals surface area contributed by atoms with Crippen molar-refractivity contribution in [3.63, 3.8) is 0 Å². The standard InChI is InChI=1S/C23H22ClN5O2S/c1-14(2)29-21-17(13-27-29)16(12-19(28-21)20-8-5-11-32-20)23(31)26-10-9-25-22(30)15-6-3-4-7-18(15)24/h3-8,11-14H,9-10H2,1-2H3,(H,25,30)(H,26,31). The maximum atomic E-state index is 13.0. The zero-order valence-corrected chi connectivity index (χ0v) is 19.2. The fraction of sp³-hybridized carbons (Fsp3) is 0.217. The van der Waals surface area contributed by atoms with Crippen molar-refractivity contribution in [2.75, 3.05) is 13.1 Å². The van der Waals surface area contributed by atoms with Crippen molar-refractivity contribution >= 4 is 45.8 Å². The summed E-state index contributed by atoms with van der Waals surface area (Å²) in [6, 6.07) is 12.7. The van der Waals surface area contributed by atoms with Gasteiger partial charge in [-0.15, -0.1) is 11.3 Å². The van der Waals surface area contributed by atoms with Crippen LogP contribution in [-0.4, -0.2) is 39.7 Å². The third-order valence-electron chi connectivity index (χ3n) is 4.89. The Balaban J connectivity index is 1.50. The lowest BCUT2D eigenvalue weighted by atomic mass is 10.1. The molecule has 3 heterocycles. The molecule has 0 aliphatic heterocycles. The second-order valence-electron chi connectivity index (χ2n) is 7.44. The Morgan fingerprint density at radius 2 is 1.78 bits per heavy atom. The SMILES string of the molecule is CC(C)n1ncc2c(C(=O)NCCNC(=O)c3ccccc3Cl)cc(-c3cccs3)nc21. The first-order chi connectivity index (χ1) is 15.5. The summed E-state index contributed by atoms with van der Waals surface area (Å²) in [5.74, 6) is -0.528. The second-order valence-corrected chi connectivity index (χ2v) is 8.80. The number of rotatable bonds is 7. The summed E-state index contributed by atoms with van der Waals surface area (Å²) in [7, 11) is 0. The zero-order chi connectivity index (χ0) is 22.7. The largest absolute Gasteiger partial charge is 0.350 e. The lowest BCUT2D eigenvalue weighted by molar-refractivity contribution is 0.0928. The quantitative estimate of drug-likeness (QED) is 0.390. The molecule has 0 bridgehead atoms. The molecular weight excluding hydrogens is 446 g/mol. The van der Waals surface area contributed by atoms with Gasteiger partial charge in [0.2, 0.25) is 0 Å². The van der Waals surface area contributed by atoms with Gasteiger partial charge in [0.1, 0.15) is 0 Å². The van der Waals surface area contributed by atoms with Gasteiger partial charge in [-0.2, -0.15) is 5.10 Å². The average Bonchev–Trinajstić information content (AvgIpc) is 3.46. The van der Waals surface area contributed by atoms with Crippen LogP contribution in [0.15, 0.2) is 54.0 Å². The average molecular weight is 468 g/mol. The summed E-state index contributed by atoms with van der Waals surface area (Å²) >= 11 is 7.62. The van der Waals surface area contributed by atoms with Gasteiger partial charge in [0, 0.05) is 19.1 Å². The number of benzene rings is 1. The molecule has 1 aromatic carbocycles. The first kappa shape index (κ1) is 22.0. The minimum atomic E-state index is -0.283. The predicted molar refractivity (Wildman–Crippen MR) is 127 cm³/mol. The molecule has 4 aromatic rings. The zero-order valence-electron chi connectivity index (χ0n) is 17.6. The minimum Gasteiger partial charge on any atom is -0.350 e. The summed E-state index contributed by atoms with van der Waals surface area (Å²) in [5, 5.41) is 13.1. The van der Waals surface area contributed by atoms with E-state index < -0.39 is 0 Å². The molecule has 0 spiro atoms. The summed E-state index contributed by atoms with van der Waals surface area (Å²) in [6.07, 6.45) is 1.68. The molecule has 0 aliphatic carbocycles. The van der Waals surface area contributed by atoms with Gasteiger partial charge >= 0.3 is 0 Å². The van der Waals surface area contributed by atoms with E-state index >= 15 is 0 Å².